The minimum atomic E-state index is -0.206. The highest BCUT2D eigenvalue weighted by atomic mass is 16.5. The lowest BCUT2D eigenvalue weighted by Crippen LogP contribution is -2.36. The number of fused-ring (bicyclic) bond motifs is 1. The van der Waals surface area contributed by atoms with Crippen molar-refractivity contribution in [1.82, 2.24) is 0 Å². The average molecular weight is 283 g/mol. The van der Waals surface area contributed by atoms with Gasteiger partial charge in [0.15, 0.2) is 0 Å². The number of ether oxygens (including phenoxy) is 1. The Hall–Kier alpha value is -2.00. The van der Waals surface area contributed by atoms with Gasteiger partial charge >= 0.3 is 0 Å². The topological polar surface area (TPSA) is 55.5 Å². The van der Waals surface area contributed by atoms with Gasteiger partial charge in [-0.3, -0.25) is 0 Å². The van der Waals surface area contributed by atoms with Gasteiger partial charge in [0, 0.05) is 11.6 Å². The molecule has 3 rings (SSSR count). The number of hydrogen-bond donors (Lipinski definition) is 2. The number of benzene rings is 2. The largest absolute Gasteiger partial charge is 0.508 e. The molecule has 0 aliphatic heterocycles. The summed E-state index contributed by atoms with van der Waals surface area (Å²) in [5, 5.41) is 9.75. The number of aryl methyl sites for hydroxylation is 3. The molecule has 2 aromatic carbocycles. The van der Waals surface area contributed by atoms with Crippen molar-refractivity contribution < 1.29 is 9.84 Å². The van der Waals surface area contributed by atoms with Gasteiger partial charge in [-0.2, -0.15) is 0 Å². The fourth-order valence-corrected chi connectivity index (χ4v) is 3.00. The van der Waals surface area contributed by atoms with Crippen molar-refractivity contribution in [3.63, 3.8) is 0 Å². The summed E-state index contributed by atoms with van der Waals surface area (Å²) in [4.78, 5) is 0. The standard InChI is InChI=1S/C18H21NO2/c1-11-3-8-17(12(2)9-11)21-18-15-10-14(20)6-4-13(15)5-7-16(18)19/h3-4,6,8-10,16,18,20H,5,7,19H2,1-2H3. The van der Waals surface area contributed by atoms with E-state index in [1.165, 1.54) is 11.1 Å². The Labute approximate surface area is 125 Å². The van der Waals surface area contributed by atoms with Crippen molar-refractivity contribution in [2.24, 2.45) is 5.73 Å². The molecule has 0 spiro atoms. The van der Waals surface area contributed by atoms with Crippen LogP contribution in [-0.4, -0.2) is 11.1 Å². The van der Waals surface area contributed by atoms with Crippen LogP contribution in [0.25, 0.3) is 0 Å². The molecule has 2 aromatic rings. The fraction of sp³-hybridized carbons (Fsp3) is 0.333. The summed E-state index contributed by atoms with van der Waals surface area (Å²) in [6, 6.07) is 11.6. The third-order valence-electron chi connectivity index (χ3n) is 4.16. The highest BCUT2D eigenvalue weighted by Gasteiger charge is 2.29. The Bertz CT molecular complexity index is 666. The number of aromatic hydroxyl groups is 1. The molecule has 1 aliphatic rings. The van der Waals surface area contributed by atoms with Crippen molar-refractivity contribution in [3.8, 4) is 11.5 Å². The second-order valence-corrected chi connectivity index (χ2v) is 5.89. The molecule has 0 aromatic heterocycles. The summed E-state index contributed by atoms with van der Waals surface area (Å²) in [6.45, 7) is 4.11. The lowest BCUT2D eigenvalue weighted by atomic mass is 9.86. The van der Waals surface area contributed by atoms with Gasteiger partial charge < -0.3 is 15.6 Å². The van der Waals surface area contributed by atoms with Crippen molar-refractivity contribution in [2.75, 3.05) is 0 Å². The number of phenolic OH excluding ortho intramolecular Hbond substituents is 1. The van der Waals surface area contributed by atoms with Crippen LogP contribution in [0.5, 0.6) is 11.5 Å². The summed E-state index contributed by atoms with van der Waals surface area (Å²) in [5.41, 5.74) is 10.8. The Balaban J connectivity index is 1.96. The second kappa shape index (κ2) is 5.41. The van der Waals surface area contributed by atoms with Gasteiger partial charge in [0.05, 0.1) is 0 Å². The van der Waals surface area contributed by atoms with Crippen LogP contribution in [0, 0.1) is 13.8 Å². The van der Waals surface area contributed by atoms with E-state index in [0.29, 0.717) is 0 Å². The SMILES string of the molecule is Cc1ccc(OC2c3cc(O)ccc3CCC2N)c(C)c1. The molecule has 21 heavy (non-hydrogen) atoms. The number of rotatable bonds is 2. The van der Waals surface area contributed by atoms with E-state index in [9.17, 15) is 5.11 Å². The van der Waals surface area contributed by atoms with Gasteiger partial charge in [-0.1, -0.05) is 23.8 Å². The van der Waals surface area contributed by atoms with Crippen molar-refractivity contribution in [3.05, 3.63) is 58.7 Å². The molecule has 0 saturated heterocycles. The van der Waals surface area contributed by atoms with Crippen LogP contribution in [0.15, 0.2) is 36.4 Å². The molecule has 1 aliphatic carbocycles. The first-order valence-electron chi connectivity index (χ1n) is 7.36. The van der Waals surface area contributed by atoms with E-state index in [0.717, 1.165) is 29.7 Å². The lowest BCUT2D eigenvalue weighted by molar-refractivity contribution is 0.158. The van der Waals surface area contributed by atoms with Gasteiger partial charge in [0.2, 0.25) is 0 Å². The zero-order valence-corrected chi connectivity index (χ0v) is 12.5. The second-order valence-electron chi connectivity index (χ2n) is 5.89. The van der Waals surface area contributed by atoms with Crippen molar-refractivity contribution in [1.29, 1.82) is 0 Å². The van der Waals surface area contributed by atoms with E-state index >= 15 is 0 Å². The molecule has 2 atom stereocenters. The summed E-state index contributed by atoms with van der Waals surface area (Å²) < 4.78 is 6.20. The predicted octanol–water partition coefficient (Wildman–Crippen LogP) is 3.40. The summed E-state index contributed by atoms with van der Waals surface area (Å²) in [7, 11) is 0. The van der Waals surface area contributed by atoms with Crippen LogP contribution >= 0.6 is 0 Å². The zero-order chi connectivity index (χ0) is 15.0. The molecule has 0 radical (unpaired) electrons. The summed E-state index contributed by atoms with van der Waals surface area (Å²) in [5.74, 6) is 1.12. The Morgan fingerprint density at radius 1 is 1.14 bits per heavy atom. The minimum absolute atomic E-state index is 0.0556. The molecule has 3 heteroatoms. The van der Waals surface area contributed by atoms with Crippen LogP contribution in [0.3, 0.4) is 0 Å². The van der Waals surface area contributed by atoms with Crippen LogP contribution < -0.4 is 10.5 Å². The molecule has 3 N–H and O–H groups in total. The predicted molar refractivity (Wildman–Crippen MR) is 83.7 cm³/mol. The monoisotopic (exact) mass is 283 g/mol. The van der Waals surface area contributed by atoms with E-state index in [1.54, 1.807) is 12.1 Å². The van der Waals surface area contributed by atoms with Gasteiger partial charge in [0.25, 0.3) is 0 Å². The normalized spacial score (nSPS) is 20.9. The van der Waals surface area contributed by atoms with Crippen LogP contribution in [-0.2, 0) is 6.42 Å². The Kier molecular flexibility index (Phi) is 3.60. The fourth-order valence-electron chi connectivity index (χ4n) is 3.00. The maximum atomic E-state index is 9.75. The Morgan fingerprint density at radius 2 is 1.95 bits per heavy atom. The van der Waals surface area contributed by atoms with Gasteiger partial charge in [-0.05, 0) is 56.0 Å². The molecular weight excluding hydrogens is 262 g/mol. The molecule has 0 amide bonds. The molecule has 0 saturated carbocycles. The summed E-state index contributed by atoms with van der Waals surface area (Å²) >= 11 is 0. The van der Waals surface area contributed by atoms with Crippen molar-refractivity contribution in [2.45, 2.75) is 38.8 Å². The van der Waals surface area contributed by atoms with Crippen molar-refractivity contribution >= 4 is 0 Å². The quantitative estimate of drug-likeness (QED) is 0.888. The van der Waals surface area contributed by atoms with Crippen LogP contribution in [0.1, 0.15) is 34.8 Å². The Morgan fingerprint density at radius 3 is 2.71 bits per heavy atom. The molecule has 0 bridgehead atoms. The first-order chi connectivity index (χ1) is 10.0. The molecule has 3 nitrogen and oxygen atoms in total. The van der Waals surface area contributed by atoms with Gasteiger partial charge in [-0.15, -0.1) is 0 Å². The van der Waals surface area contributed by atoms with E-state index in [2.05, 4.69) is 13.0 Å². The maximum Gasteiger partial charge on any atom is 0.139 e. The number of nitrogens with two attached hydrogens (primary N) is 1. The minimum Gasteiger partial charge on any atom is -0.508 e. The highest BCUT2D eigenvalue weighted by molar-refractivity contribution is 5.41. The number of hydrogen-bond acceptors (Lipinski definition) is 3. The third-order valence-corrected chi connectivity index (χ3v) is 4.16. The average Bonchev–Trinajstić information content (AvgIpc) is 2.44. The molecule has 0 fully saturated rings. The van der Waals surface area contributed by atoms with Gasteiger partial charge in [0.1, 0.15) is 17.6 Å². The lowest BCUT2D eigenvalue weighted by Gasteiger charge is -2.32. The smallest absolute Gasteiger partial charge is 0.139 e. The molecule has 2 unspecified atom stereocenters. The third kappa shape index (κ3) is 2.74. The molecule has 0 heterocycles. The van der Waals surface area contributed by atoms with E-state index in [1.807, 2.05) is 25.1 Å². The van der Waals surface area contributed by atoms with E-state index in [4.69, 9.17) is 10.5 Å². The van der Waals surface area contributed by atoms with Crippen LogP contribution in [0.2, 0.25) is 0 Å². The molecule has 110 valence electrons. The summed E-state index contributed by atoms with van der Waals surface area (Å²) in [6.07, 6.45) is 1.62. The maximum absolute atomic E-state index is 9.75. The van der Waals surface area contributed by atoms with Crippen LogP contribution in [0.4, 0.5) is 0 Å². The highest BCUT2D eigenvalue weighted by Crippen LogP contribution is 2.36. The van der Waals surface area contributed by atoms with E-state index in [-0.39, 0.29) is 17.9 Å². The first kappa shape index (κ1) is 14.0. The van der Waals surface area contributed by atoms with Gasteiger partial charge in [-0.25, -0.2) is 0 Å². The number of phenols is 1. The molecular formula is C18H21NO2. The zero-order valence-electron chi connectivity index (χ0n) is 12.5. The van der Waals surface area contributed by atoms with E-state index < -0.39 is 0 Å². The first-order valence-corrected chi connectivity index (χ1v) is 7.36.